The number of anilines is 2. The fraction of sp³-hybridized carbons (Fsp3) is 0.492. The summed E-state index contributed by atoms with van der Waals surface area (Å²) in [5.41, 5.74) is 13.8. The molecule has 73 heavy (non-hydrogen) atoms. The van der Waals surface area contributed by atoms with Gasteiger partial charge in [-0.05, 0) is 159 Å². The maximum atomic E-state index is 14.3. The van der Waals surface area contributed by atoms with Gasteiger partial charge in [-0.15, -0.1) is 0 Å². The molecule has 2 aliphatic rings. The van der Waals surface area contributed by atoms with E-state index in [1.165, 1.54) is 89.2 Å². The molecule has 0 aliphatic heterocycles. The molecule has 392 valence electrons. The van der Waals surface area contributed by atoms with Gasteiger partial charge in [-0.2, -0.15) is 0 Å². The number of nitrogens with two attached hydrogens (primary N) is 2. The number of benzene rings is 4. The van der Waals surface area contributed by atoms with Crippen LogP contribution in [0.4, 0.5) is 11.4 Å². The number of carbonyl (C=O) groups is 4. The molecule has 0 unspecified atom stereocenters. The summed E-state index contributed by atoms with van der Waals surface area (Å²) >= 11 is 0. The number of ketones is 2. The highest BCUT2D eigenvalue weighted by Gasteiger charge is 2.54. The van der Waals surface area contributed by atoms with Crippen molar-refractivity contribution in [2.45, 2.75) is 167 Å². The lowest BCUT2D eigenvalue weighted by atomic mass is 9.65. The van der Waals surface area contributed by atoms with Crippen LogP contribution in [-0.2, 0) is 32.0 Å². The van der Waals surface area contributed by atoms with Gasteiger partial charge in [-0.25, -0.2) is 0 Å². The van der Waals surface area contributed by atoms with Gasteiger partial charge in [-0.3, -0.25) is 19.2 Å². The van der Waals surface area contributed by atoms with Crippen LogP contribution < -0.4 is 20.9 Å². The molecule has 2 aliphatic carbocycles. The maximum absolute atomic E-state index is 14.3. The number of hydrogen-bond donors (Lipinski definition) is 4. The third-order valence-corrected chi connectivity index (χ3v) is 15.5. The molecule has 0 atom stereocenters. The molecule has 0 heterocycles. The highest BCUT2D eigenvalue weighted by Crippen LogP contribution is 2.43. The first-order valence-electron chi connectivity index (χ1n) is 27.5. The Kier molecular flexibility index (Phi) is 22.1. The molecule has 0 amide bonds. The summed E-state index contributed by atoms with van der Waals surface area (Å²) in [5.74, 6) is -3.00. The molecule has 0 saturated heterocycles. The van der Waals surface area contributed by atoms with E-state index >= 15 is 0 Å². The molecule has 2 saturated carbocycles. The molecule has 4 aromatic rings. The number of aliphatic hydroxyl groups is 2. The fourth-order valence-corrected chi connectivity index (χ4v) is 10.9. The predicted octanol–water partition coefficient (Wildman–Crippen LogP) is 13.4. The molecule has 0 aromatic heterocycles. The number of esters is 2. The smallest absolute Gasteiger partial charge is 0.314 e. The quantitative estimate of drug-likeness (QED) is 0.0107. The van der Waals surface area contributed by atoms with E-state index in [0.29, 0.717) is 57.0 Å². The maximum Gasteiger partial charge on any atom is 0.314 e. The van der Waals surface area contributed by atoms with Gasteiger partial charge in [0.15, 0.2) is 5.78 Å². The van der Waals surface area contributed by atoms with Crippen molar-refractivity contribution < 1.29 is 38.9 Å². The number of unbranched alkanes of at least 4 members (excludes halogenated alkanes) is 8. The molecule has 0 radical (unpaired) electrons. The Bertz CT molecular complexity index is 2340. The number of allylic oxidation sites excluding steroid dienone is 1. The van der Waals surface area contributed by atoms with Crippen molar-refractivity contribution in [2.24, 2.45) is 29.1 Å². The molecular weight excluding hydrogens is 913 g/mol. The second kappa shape index (κ2) is 28.6. The van der Waals surface area contributed by atoms with E-state index in [-0.39, 0.29) is 36.6 Å². The first-order valence-corrected chi connectivity index (χ1v) is 27.5. The Morgan fingerprint density at radius 3 is 1.30 bits per heavy atom. The first-order chi connectivity index (χ1) is 35.2. The van der Waals surface area contributed by atoms with Crippen molar-refractivity contribution in [1.82, 2.24) is 0 Å². The highest BCUT2D eigenvalue weighted by molar-refractivity contribution is 6.01. The van der Waals surface area contributed by atoms with Gasteiger partial charge in [0.25, 0.3) is 0 Å². The van der Waals surface area contributed by atoms with Gasteiger partial charge in [0.1, 0.15) is 11.5 Å². The zero-order valence-corrected chi connectivity index (χ0v) is 43.6. The molecule has 10 nitrogen and oxygen atoms in total. The molecule has 2 fully saturated rings. The molecule has 0 spiro atoms. The van der Waals surface area contributed by atoms with Crippen molar-refractivity contribution in [3.05, 3.63) is 131 Å². The van der Waals surface area contributed by atoms with Crippen LogP contribution in [0, 0.1) is 29.1 Å². The number of hydrogen-bond acceptors (Lipinski definition) is 10. The van der Waals surface area contributed by atoms with Crippen LogP contribution in [0.2, 0.25) is 0 Å². The van der Waals surface area contributed by atoms with E-state index in [1.807, 2.05) is 0 Å². The second-order valence-corrected chi connectivity index (χ2v) is 21.3. The van der Waals surface area contributed by atoms with Crippen molar-refractivity contribution in [1.29, 1.82) is 0 Å². The van der Waals surface area contributed by atoms with Gasteiger partial charge >= 0.3 is 11.9 Å². The van der Waals surface area contributed by atoms with Crippen LogP contribution in [0.5, 0.6) is 11.5 Å². The van der Waals surface area contributed by atoms with Crippen LogP contribution >= 0.6 is 0 Å². The zero-order chi connectivity index (χ0) is 52.1. The zero-order valence-electron chi connectivity index (χ0n) is 43.6. The molecule has 4 aromatic carbocycles. The molecule has 0 bridgehead atoms. The van der Waals surface area contributed by atoms with Crippen molar-refractivity contribution in [3.63, 3.8) is 0 Å². The van der Waals surface area contributed by atoms with Gasteiger partial charge in [0.05, 0.1) is 11.8 Å². The monoisotopic (exact) mass is 995 g/mol. The van der Waals surface area contributed by atoms with Crippen molar-refractivity contribution in [2.75, 3.05) is 11.5 Å². The molecule has 6 rings (SSSR count). The van der Waals surface area contributed by atoms with Gasteiger partial charge in [-0.1, -0.05) is 152 Å². The minimum atomic E-state index is -3.06. The highest BCUT2D eigenvalue weighted by atomic mass is 16.5. The minimum Gasteiger partial charge on any atom is -0.426 e. The van der Waals surface area contributed by atoms with E-state index in [9.17, 15) is 29.4 Å². The van der Waals surface area contributed by atoms with Crippen LogP contribution in [-0.4, -0.2) is 39.5 Å². The van der Waals surface area contributed by atoms with Gasteiger partial charge < -0.3 is 31.2 Å². The SMILES string of the molecule is CCCCCCCC1CCC(C(=O)Oc2ccc(C=CC(=O)CC(Cc3ccc(N)cc3)(Cc3ccc(N)cc3)C(O)(O)C(=O)C=Cc3ccc(OC(=O)C4CCC(CCCCCCC)CC4)cc3)cc2)CC1. The first kappa shape index (κ1) is 56.5. The lowest BCUT2D eigenvalue weighted by Crippen LogP contribution is -2.57. The summed E-state index contributed by atoms with van der Waals surface area (Å²) in [6.45, 7) is 4.46. The Morgan fingerprint density at radius 1 is 0.521 bits per heavy atom. The minimum absolute atomic E-state index is 0.0780. The number of carbonyl (C=O) groups excluding carboxylic acids is 4. The van der Waals surface area contributed by atoms with E-state index < -0.39 is 29.2 Å². The average molecular weight is 995 g/mol. The van der Waals surface area contributed by atoms with E-state index in [1.54, 1.807) is 103 Å². The number of rotatable bonds is 28. The topological polar surface area (TPSA) is 179 Å². The second-order valence-electron chi connectivity index (χ2n) is 21.3. The Hall–Kier alpha value is -5.84. The third-order valence-electron chi connectivity index (χ3n) is 15.5. The lowest BCUT2D eigenvalue weighted by molar-refractivity contribution is -0.230. The van der Waals surface area contributed by atoms with Crippen molar-refractivity contribution in [3.8, 4) is 11.5 Å². The molecule has 6 N–H and O–H groups in total. The van der Waals surface area contributed by atoms with Gasteiger partial charge in [0.2, 0.25) is 11.6 Å². The van der Waals surface area contributed by atoms with Crippen LogP contribution in [0.15, 0.2) is 109 Å². The van der Waals surface area contributed by atoms with Gasteiger partial charge in [0, 0.05) is 23.2 Å². The number of nitrogen functional groups attached to an aromatic ring is 2. The molecular formula is C63H82N2O8. The normalized spacial score (nSPS) is 18.5. The summed E-state index contributed by atoms with van der Waals surface area (Å²) in [7, 11) is 0. The fourth-order valence-electron chi connectivity index (χ4n) is 10.9. The van der Waals surface area contributed by atoms with Crippen LogP contribution in [0.1, 0.15) is 171 Å². The van der Waals surface area contributed by atoms with E-state index in [4.69, 9.17) is 20.9 Å². The predicted molar refractivity (Wildman–Crippen MR) is 293 cm³/mol. The third kappa shape index (κ3) is 17.7. The van der Waals surface area contributed by atoms with Crippen LogP contribution in [0.3, 0.4) is 0 Å². The van der Waals surface area contributed by atoms with E-state index in [0.717, 1.165) is 57.4 Å². The van der Waals surface area contributed by atoms with Crippen molar-refractivity contribution >= 4 is 47.0 Å². The van der Waals surface area contributed by atoms with E-state index in [2.05, 4.69) is 13.8 Å². The lowest BCUT2D eigenvalue weighted by Gasteiger charge is -2.42. The average Bonchev–Trinajstić information content (AvgIpc) is 3.39. The number of ether oxygens (including phenoxy) is 2. The standard InChI is InChI=1S/C63H82N2O8/c1-3-5-7-9-11-13-46-15-29-52(30-16-46)60(68)72-57-38-24-48(25-39-57)23-37-56(66)45-62(43-50-19-33-54(64)34-20-50,44-51-21-35-55(65)36-22-51)63(70,71)59(67)42-28-49-26-40-58(41-27-49)73-61(69)53-31-17-47(18-32-53)14-12-10-8-6-4-2/h19-28,33-42,46-47,52-53,70-71H,3-18,29-32,43-45,64-65H2,1-2H3. The Morgan fingerprint density at radius 2 is 0.904 bits per heavy atom. The molecule has 10 heteroatoms. The summed E-state index contributed by atoms with van der Waals surface area (Å²) in [5, 5.41) is 24.6. The summed E-state index contributed by atoms with van der Waals surface area (Å²) in [4.78, 5) is 54.7. The summed E-state index contributed by atoms with van der Waals surface area (Å²) in [6, 6.07) is 27.4. The van der Waals surface area contributed by atoms with Crippen LogP contribution in [0.25, 0.3) is 12.2 Å². The Labute approximate surface area is 435 Å². The largest absolute Gasteiger partial charge is 0.426 e. The Balaban J connectivity index is 1.11. The summed E-state index contributed by atoms with van der Waals surface area (Å²) < 4.78 is 11.6. The summed E-state index contributed by atoms with van der Waals surface area (Å²) in [6.07, 6.45) is 27.8.